The summed E-state index contributed by atoms with van der Waals surface area (Å²) in [5.74, 6) is -0.632. The van der Waals surface area contributed by atoms with Crippen LogP contribution in [0.5, 0.6) is 0 Å². The Balaban J connectivity index is 1.70. The molecule has 0 atom stereocenters. The molecule has 3 rings (SSSR count). The molecular formula is C16H18ClN3O5S3. The Morgan fingerprint density at radius 2 is 1.86 bits per heavy atom. The van der Waals surface area contributed by atoms with Crippen molar-refractivity contribution < 1.29 is 21.6 Å². The highest BCUT2D eigenvalue weighted by atomic mass is 35.5. The summed E-state index contributed by atoms with van der Waals surface area (Å²) in [7, 11) is -7.52. The number of benzene rings is 1. The summed E-state index contributed by atoms with van der Waals surface area (Å²) in [6.45, 7) is 0.372. The fourth-order valence-electron chi connectivity index (χ4n) is 2.70. The molecule has 0 spiro atoms. The van der Waals surface area contributed by atoms with E-state index in [1.165, 1.54) is 28.6 Å². The first-order valence-electron chi connectivity index (χ1n) is 8.33. The number of thiophene rings is 1. The van der Waals surface area contributed by atoms with Crippen molar-refractivity contribution in [2.24, 2.45) is 0 Å². The summed E-state index contributed by atoms with van der Waals surface area (Å²) in [6, 6.07) is 7.14. The predicted octanol–water partition coefficient (Wildman–Crippen LogP) is 2.10. The molecule has 1 aromatic heterocycles. The number of hydrogen-bond donors (Lipinski definition) is 2. The van der Waals surface area contributed by atoms with Crippen molar-refractivity contribution in [1.82, 2.24) is 9.03 Å². The number of halogens is 1. The van der Waals surface area contributed by atoms with Crippen molar-refractivity contribution in [3.05, 3.63) is 40.7 Å². The van der Waals surface area contributed by atoms with Gasteiger partial charge in [-0.3, -0.25) is 4.79 Å². The van der Waals surface area contributed by atoms with E-state index in [2.05, 4.69) is 10.0 Å². The van der Waals surface area contributed by atoms with Crippen molar-refractivity contribution >= 4 is 54.6 Å². The summed E-state index contributed by atoms with van der Waals surface area (Å²) in [4.78, 5) is 12.0. The molecule has 1 amide bonds. The molecule has 152 valence electrons. The molecule has 1 saturated heterocycles. The standard InChI is InChI=1S/C16H18ClN3O5S3/c17-13-6-5-12(10-14(13)28(24,25)20-7-1-2-8-20)19-15(21)11-18-27(22,23)16-4-3-9-26-16/h3-6,9-10,18H,1-2,7-8,11H2,(H,19,21). The van der Waals surface area contributed by atoms with E-state index in [1.807, 2.05) is 0 Å². The third-order valence-corrected chi connectivity index (χ3v) is 9.26. The van der Waals surface area contributed by atoms with E-state index >= 15 is 0 Å². The van der Waals surface area contributed by atoms with E-state index in [9.17, 15) is 21.6 Å². The Hall–Kier alpha value is -1.50. The smallest absolute Gasteiger partial charge is 0.250 e. The summed E-state index contributed by atoms with van der Waals surface area (Å²) in [5.41, 5.74) is 0.211. The minimum Gasteiger partial charge on any atom is -0.325 e. The summed E-state index contributed by atoms with van der Waals surface area (Å²) >= 11 is 7.10. The van der Waals surface area contributed by atoms with E-state index in [1.54, 1.807) is 11.4 Å². The van der Waals surface area contributed by atoms with E-state index in [-0.39, 0.29) is 19.8 Å². The third-order valence-electron chi connectivity index (χ3n) is 4.08. The molecule has 28 heavy (non-hydrogen) atoms. The van der Waals surface area contributed by atoms with E-state index < -0.39 is 32.5 Å². The second kappa shape index (κ2) is 8.47. The lowest BCUT2D eigenvalue weighted by atomic mass is 10.3. The Morgan fingerprint density at radius 3 is 2.50 bits per heavy atom. The van der Waals surface area contributed by atoms with Crippen LogP contribution in [0.25, 0.3) is 0 Å². The van der Waals surface area contributed by atoms with Gasteiger partial charge in [0.25, 0.3) is 10.0 Å². The van der Waals surface area contributed by atoms with Crippen molar-refractivity contribution in [2.75, 3.05) is 25.0 Å². The maximum Gasteiger partial charge on any atom is 0.250 e. The summed E-state index contributed by atoms with van der Waals surface area (Å²) < 4.78 is 53.2. The van der Waals surface area contributed by atoms with E-state index in [0.29, 0.717) is 13.1 Å². The maximum atomic E-state index is 12.7. The molecule has 2 heterocycles. The number of carbonyl (C=O) groups excluding carboxylic acids is 1. The van der Waals surface area contributed by atoms with E-state index in [0.717, 1.165) is 24.2 Å². The SMILES string of the molecule is O=C(CNS(=O)(=O)c1cccs1)Nc1ccc(Cl)c(S(=O)(=O)N2CCCC2)c1. The molecule has 0 saturated carbocycles. The number of amides is 1. The Bertz CT molecular complexity index is 1060. The fraction of sp³-hybridized carbons (Fsp3) is 0.312. The molecular weight excluding hydrogens is 446 g/mol. The van der Waals surface area contributed by atoms with Gasteiger partial charge in [0.15, 0.2) is 0 Å². The predicted molar refractivity (Wildman–Crippen MR) is 108 cm³/mol. The van der Waals surface area contributed by atoms with Gasteiger partial charge in [0, 0.05) is 18.8 Å². The summed E-state index contributed by atoms with van der Waals surface area (Å²) in [5, 5.41) is 4.16. The van der Waals surface area contributed by atoms with Gasteiger partial charge in [0.1, 0.15) is 9.10 Å². The Labute approximate surface area is 172 Å². The van der Waals surface area contributed by atoms with Gasteiger partial charge in [0.2, 0.25) is 15.9 Å². The van der Waals surface area contributed by atoms with Gasteiger partial charge in [-0.15, -0.1) is 11.3 Å². The average Bonchev–Trinajstić information content (AvgIpc) is 3.35. The maximum absolute atomic E-state index is 12.7. The fourth-order valence-corrected chi connectivity index (χ4v) is 6.74. The second-order valence-electron chi connectivity index (χ2n) is 6.06. The summed E-state index contributed by atoms with van der Waals surface area (Å²) in [6.07, 6.45) is 1.58. The number of nitrogens with one attached hydrogen (secondary N) is 2. The van der Waals surface area contributed by atoms with Gasteiger partial charge in [-0.05, 0) is 42.5 Å². The first-order chi connectivity index (χ1) is 13.2. The lowest BCUT2D eigenvalue weighted by Crippen LogP contribution is -2.32. The number of rotatable bonds is 7. The minimum atomic E-state index is -3.77. The lowest BCUT2D eigenvalue weighted by molar-refractivity contribution is -0.115. The van der Waals surface area contributed by atoms with Crippen LogP contribution in [-0.2, 0) is 24.8 Å². The normalized spacial score (nSPS) is 15.6. The highest BCUT2D eigenvalue weighted by Gasteiger charge is 2.29. The van der Waals surface area contributed by atoms with Crippen LogP contribution < -0.4 is 10.0 Å². The zero-order valence-electron chi connectivity index (χ0n) is 14.6. The molecule has 0 bridgehead atoms. The van der Waals surface area contributed by atoms with Gasteiger partial charge in [-0.1, -0.05) is 17.7 Å². The van der Waals surface area contributed by atoms with Crippen LogP contribution in [0.4, 0.5) is 5.69 Å². The van der Waals surface area contributed by atoms with Crippen LogP contribution in [0.15, 0.2) is 44.8 Å². The van der Waals surface area contributed by atoms with Crippen LogP contribution in [-0.4, -0.2) is 46.7 Å². The van der Waals surface area contributed by atoms with Gasteiger partial charge >= 0.3 is 0 Å². The molecule has 1 fully saturated rings. The van der Waals surface area contributed by atoms with Crippen LogP contribution in [0.3, 0.4) is 0 Å². The van der Waals surface area contributed by atoms with Crippen LogP contribution in [0, 0.1) is 0 Å². The monoisotopic (exact) mass is 463 g/mol. The van der Waals surface area contributed by atoms with Gasteiger partial charge in [-0.25, -0.2) is 21.6 Å². The van der Waals surface area contributed by atoms with Crippen molar-refractivity contribution in [3.8, 4) is 0 Å². The molecule has 2 N–H and O–H groups in total. The van der Waals surface area contributed by atoms with Crippen LogP contribution in [0.1, 0.15) is 12.8 Å². The Kier molecular flexibility index (Phi) is 6.42. The van der Waals surface area contributed by atoms with E-state index in [4.69, 9.17) is 11.6 Å². The lowest BCUT2D eigenvalue weighted by Gasteiger charge is -2.17. The van der Waals surface area contributed by atoms with Gasteiger partial charge in [-0.2, -0.15) is 4.31 Å². The second-order valence-corrected chi connectivity index (χ2v) is 11.3. The highest BCUT2D eigenvalue weighted by molar-refractivity contribution is 7.91. The Morgan fingerprint density at radius 1 is 1.14 bits per heavy atom. The molecule has 1 aromatic carbocycles. The zero-order chi connectivity index (χ0) is 20.4. The molecule has 0 radical (unpaired) electrons. The number of carbonyl (C=O) groups is 1. The van der Waals surface area contributed by atoms with Crippen LogP contribution in [0.2, 0.25) is 5.02 Å². The minimum absolute atomic E-state index is 0.0586. The molecule has 2 aromatic rings. The molecule has 1 aliphatic rings. The zero-order valence-corrected chi connectivity index (χ0v) is 17.8. The number of nitrogens with zero attached hydrogens (tertiary/aromatic N) is 1. The molecule has 8 nitrogen and oxygen atoms in total. The van der Waals surface area contributed by atoms with Crippen LogP contribution >= 0.6 is 22.9 Å². The highest BCUT2D eigenvalue weighted by Crippen LogP contribution is 2.29. The van der Waals surface area contributed by atoms with Crippen molar-refractivity contribution in [3.63, 3.8) is 0 Å². The quantitative estimate of drug-likeness (QED) is 0.652. The van der Waals surface area contributed by atoms with Gasteiger partial charge < -0.3 is 5.32 Å². The van der Waals surface area contributed by atoms with Crippen molar-refractivity contribution in [1.29, 1.82) is 0 Å². The molecule has 1 aliphatic heterocycles. The molecule has 0 unspecified atom stereocenters. The first-order valence-corrected chi connectivity index (χ1v) is 12.5. The number of sulfonamides is 2. The molecule has 12 heteroatoms. The molecule has 0 aliphatic carbocycles. The van der Waals surface area contributed by atoms with Crippen molar-refractivity contribution in [2.45, 2.75) is 21.9 Å². The van der Waals surface area contributed by atoms with Gasteiger partial charge in [0.05, 0.1) is 11.6 Å². The topological polar surface area (TPSA) is 113 Å². The number of hydrogen-bond acceptors (Lipinski definition) is 6. The first kappa shape index (κ1) is 21.2. The number of anilines is 1. The largest absolute Gasteiger partial charge is 0.325 e. The average molecular weight is 464 g/mol. The third kappa shape index (κ3) is 4.73.